The van der Waals surface area contributed by atoms with Gasteiger partial charge in [0.05, 0.1) is 6.10 Å². The number of hydrogen-bond acceptors (Lipinski definition) is 2. The molecule has 0 saturated heterocycles. The summed E-state index contributed by atoms with van der Waals surface area (Å²) in [7, 11) is 1.88. The molecule has 0 radical (unpaired) electrons. The van der Waals surface area contributed by atoms with Crippen molar-refractivity contribution in [2.24, 2.45) is 5.41 Å². The quantitative estimate of drug-likeness (QED) is 0.814. The van der Waals surface area contributed by atoms with Crippen LogP contribution in [0.15, 0.2) is 0 Å². The zero-order valence-electron chi connectivity index (χ0n) is 9.44. The van der Waals surface area contributed by atoms with E-state index in [1.807, 2.05) is 7.05 Å². The van der Waals surface area contributed by atoms with Crippen molar-refractivity contribution in [2.45, 2.75) is 50.4 Å². The van der Waals surface area contributed by atoms with E-state index in [4.69, 9.17) is 4.74 Å². The van der Waals surface area contributed by atoms with Crippen molar-refractivity contribution in [2.75, 3.05) is 13.7 Å². The van der Waals surface area contributed by atoms with Crippen LogP contribution >= 0.6 is 0 Å². The van der Waals surface area contributed by atoms with E-state index in [0.29, 0.717) is 12.5 Å². The van der Waals surface area contributed by atoms with Crippen LogP contribution in [0.2, 0.25) is 0 Å². The van der Waals surface area contributed by atoms with E-state index in [1.54, 1.807) is 0 Å². The van der Waals surface area contributed by atoms with Crippen molar-refractivity contribution < 1.29 is 17.9 Å². The Balaban J connectivity index is 1.92. The van der Waals surface area contributed by atoms with E-state index in [1.165, 1.54) is 0 Å². The Morgan fingerprint density at radius 2 is 1.94 bits per heavy atom. The molecule has 0 aromatic carbocycles. The second-order valence-electron chi connectivity index (χ2n) is 4.93. The zero-order valence-corrected chi connectivity index (χ0v) is 9.44. The maximum absolute atomic E-state index is 12.1. The summed E-state index contributed by atoms with van der Waals surface area (Å²) in [4.78, 5) is 0. The van der Waals surface area contributed by atoms with Crippen molar-refractivity contribution in [1.82, 2.24) is 5.32 Å². The molecule has 0 aromatic rings. The molecule has 2 aliphatic rings. The highest BCUT2D eigenvalue weighted by atomic mass is 19.4. The fraction of sp³-hybridized carbons (Fsp3) is 1.00. The number of ether oxygens (including phenoxy) is 1. The topological polar surface area (TPSA) is 21.3 Å². The van der Waals surface area contributed by atoms with Crippen LogP contribution in [-0.4, -0.2) is 32.0 Å². The maximum atomic E-state index is 12.1. The third-order valence-corrected chi connectivity index (χ3v) is 4.12. The summed E-state index contributed by atoms with van der Waals surface area (Å²) in [6.45, 7) is -1.10. The SMILES string of the molecule is CNC1CC(OCC(F)(F)F)C12CCCC2. The molecule has 2 saturated carbocycles. The van der Waals surface area contributed by atoms with Gasteiger partial charge in [-0.1, -0.05) is 12.8 Å². The molecule has 5 heteroatoms. The Morgan fingerprint density at radius 1 is 1.31 bits per heavy atom. The fourth-order valence-corrected chi connectivity index (χ4v) is 3.29. The summed E-state index contributed by atoms with van der Waals surface area (Å²) in [6.07, 6.45) is 0.543. The number of rotatable bonds is 3. The van der Waals surface area contributed by atoms with Crippen LogP contribution in [0.3, 0.4) is 0 Å². The molecule has 0 aliphatic heterocycles. The fourth-order valence-electron chi connectivity index (χ4n) is 3.29. The van der Waals surface area contributed by atoms with Gasteiger partial charge in [0, 0.05) is 11.5 Å². The second kappa shape index (κ2) is 4.18. The molecule has 0 amide bonds. The van der Waals surface area contributed by atoms with Crippen LogP contribution in [0.25, 0.3) is 0 Å². The molecule has 94 valence electrons. The van der Waals surface area contributed by atoms with E-state index >= 15 is 0 Å². The molecular weight excluding hydrogens is 219 g/mol. The molecule has 16 heavy (non-hydrogen) atoms. The normalized spacial score (nSPS) is 33.0. The zero-order chi connectivity index (χ0) is 11.8. The number of alkyl halides is 3. The van der Waals surface area contributed by atoms with Crippen LogP contribution in [0.1, 0.15) is 32.1 Å². The lowest BCUT2D eigenvalue weighted by atomic mass is 9.60. The van der Waals surface area contributed by atoms with Gasteiger partial charge < -0.3 is 10.1 Å². The Morgan fingerprint density at radius 3 is 2.44 bits per heavy atom. The van der Waals surface area contributed by atoms with Crippen LogP contribution in [0.4, 0.5) is 13.2 Å². The molecule has 2 nitrogen and oxygen atoms in total. The van der Waals surface area contributed by atoms with Gasteiger partial charge in [0.2, 0.25) is 0 Å². The van der Waals surface area contributed by atoms with Gasteiger partial charge in [0.1, 0.15) is 6.61 Å². The monoisotopic (exact) mass is 237 g/mol. The molecule has 2 atom stereocenters. The predicted octanol–water partition coefficient (Wildman–Crippen LogP) is 2.49. The van der Waals surface area contributed by atoms with Gasteiger partial charge in [0.15, 0.2) is 0 Å². The highest BCUT2D eigenvalue weighted by molar-refractivity contribution is 5.09. The van der Waals surface area contributed by atoms with E-state index < -0.39 is 12.8 Å². The summed E-state index contributed by atoms with van der Waals surface area (Å²) in [5.41, 5.74) is -0.0139. The maximum Gasteiger partial charge on any atom is 0.411 e. The van der Waals surface area contributed by atoms with Crippen molar-refractivity contribution >= 4 is 0 Å². The molecule has 1 spiro atoms. The smallest absolute Gasteiger partial charge is 0.368 e. The molecule has 0 bridgehead atoms. The first-order valence-corrected chi connectivity index (χ1v) is 5.83. The lowest BCUT2D eigenvalue weighted by Crippen LogP contribution is -2.62. The third kappa shape index (κ3) is 2.07. The average Bonchev–Trinajstić information content (AvgIpc) is 2.65. The number of nitrogens with one attached hydrogen (secondary N) is 1. The minimum absolute atomic E-state index is 0.0139. The first-order chi connectivity index (χ1) is 7.48. The van der Waals surface area contributed by atoms with E-state index in [-0.39, 0.29) is 11.5 Å². The van der Waals surface area contributed by atoms with E-state index in [0.717, 1.165) is 25.7 Å². The Labute approximate surface area is 93.5 Å². The summed E-state index contributed by atoms with van der Waals surface area (Å²) in [5, 5.41) is 3.20. The summed E-state index contributed by atoms with van der Waals surface area (Å²) in [5.74, 6) is 0. The predicted molar refractivity (Wildman–Crippen MR) is 54.2 cm³/mol. The van der Waals surface area contributed by atoms with Gasteiger partial charge in [0.25, 0.3) is 0 Å². The molecule has 0 aromatic heterocycles. The Bertz CT molecular complexity index is 248. The standard InChI is InChI=1S/C11H18F3NO/c1-15-8-6-9(16-7-11(12,13)14)10(8)4-2-3-5-10/h8-9,15H,2-7H2,1H3. The first kappa shape index (κ1) is 12.2. The molecule has 0 heterocycles. The van der Waals surface area contributed by atoms with Crippen molar-refractivity contribution in [3.8, 4) is 0 Å². The van der Waals surface area contributed by atoms with E-state index in [2.05, 4.69) is 5.32 Å². The first-order valence-electron chi connectivity index (χ1n) is 5.83. The van der Waals surface area contributed by atoms with Gasteiger partial charge in [-0.05, 0) is 26.3 Å². The van der Waals surface area contributed by atoms with Crippen LogP contribution in [-0.2, 0) is 4.74 Å². The summed E-state index contributed by atoms with van der Waals surface area (Å²) >= 11 is 0. The third-order valence-electron chi connectivity index (χ3n) is 4.12. The Hall–Kier alpha value is -0.290. The lowest BCUT2D eigenvalue weighted by Gasteiger charge is -2.54. The lowest BCUT2D eigenvalue weighted by molar-refractivity contribution is -0.221. The number of hydrogen-bond donors (Lipinski definition) is 1. The van der Waals surface area contributed by atoms with Crippen molar-refractivity contribution in [3.63, 3.8) is 0 Å². The van der Waals surface area contributed by atoms with Crippen molar-refractivity contribution in [1.29, 1.82) is 0 Å². The van der Waals surface area contributed by atoms with Gasteiger partial charge in [-0.25, -0.2) is 0 Å². The summed E-state index contributed by atoms with van der Waals surface area (Å²) < 4.78 is 41.3. The van der Waals surface area contributed by atoms with Crippen molar-refractivity contribution in [3.05, 3.63) is 0 Å². The van der Waals surface area contributed by atoms with Gasteiger partial charge in [-0.3, -0.25) is 0 Å². The average molecular weight is 237 g/mol. The van der Waals surface area contributed by atoms with Crippen LogP contribution in [0.5, 0.6) is 0 Å². The highest BCUT2D eigenvalue weighted by Crippen LogP contribution is 2.54. The molecular formula is C11H18F3NO. The Kier molecular flexibility index (Phi) is 3.18. The molecule has 2 rings (SSSR count). The minimum Gasteiger partial charge on any atom is -0.368 e. The highest BCUT2D eigenvalue weighted by Gasteiger charge is 2.56. The number of halogens is 3. The van der Waals surface area contributed by atoms with Crippen LogP contribution in [0, 0.1) is 5.41 Å². The minimum atomic E-state index is -4.20. The largest absolute Gasteiger partial charge is 0.411 e. The van der Waals surface area contributed by atoms with Gasteiger partial charge in [-0.15, -0.1) is 0 Å². The van der Waals surface area contributed by atoms with Gasteiger partial charge >= 0.3 is 6.18 Å². The molecule has 1 N–H and O–H groups in total. The van der Waals surface area contributed by atoms with Crippen LogP contribution < -0.4 is 5.32 Å². The van der Waals surface area contributed by atoms with Gasteiger partial charge in [-0.2, -0.15) is 13.2 Å². The molecule has 2 aliphatic carbocycles. The molecule has 2 fully saturated rings. The second-order valence-corrected chi connectivity index (χ2v) is 4.93. The van der Waals surface area contributed by atoms with E-state index in [9.17, 15) is 13.2 Å². The molecule has 2 unspecified atom stereocenters. The summed E-state index contributed by atoms with van der Waals surface area (Å²) in [6, 6.07) is 0.341.